The van der Waals surface area contributed by atoms with Gasteiger partial charge in [0.05, 0.1) is 11.6 Å². The number of rotatable bonds is 4. The number of hydrogen-bond donors (Lipinski definition) is 1. The molecule has 6 heteroatoms. The maximum absolute atomic E-state index is 12.0. The van der Waals surface area contributed by atoms with Crippen molar-refractivity contribution in [3.05, 3.63) is 35.4 Å². The Hall–Kier alpha value is -2.55. The summed E-state index contributed by atoms with van der Waals surface area (Å²) >= 11 is 0. The summed E-state index contributed by atoms with van der Waals surface area (Å²) in [5.41, 5.74) is 0.413. The highest BCUT2D eigenvalue weighted by Crippen LogP contribution is 2.13. The molecule has 21 heavy (non-hydrogen) atoms. The van der Waals surface area contributed by atoms with Gasteiger partial charge < -0.3 is 9.84 Å². The molecule has 6 nitrogen and oxygen atoms in total. The fraction of sp³-hybridized carbons (Fsp3) is 0.400. The Morgan fingerprint density at radius 1 is 1.38 bits per heavy atom. The molecule has 0 heterocycles. The highest BCUT2D eigenvalue weighted by Gasteiger charge is 2.24. The number of amides is 1. The molecule has 1 amide bonds. The second-order valence-corrected chi connectivity index (χ2v) is 5.54. The molecule has 0 aliphatic carbocycles. The summed E-state index contributed by atoms with van der Waals surface area (Å²) in [7, 11) is 0. The molecule has 0 bridgehead atoms. The van der Waals surface area contributed by atoms with Crippen molar-refractivity contribution in [2.24, 2.45) is 0 Å². The Morgan fingerprint density at radius 3 is 2.57 bits per heavy atom. The molecule has 0 fully saturated rings. The van der Waals surface area contributed by atoms with E-state index in [1.807, 2.05) is 6.07 Å². The molecule has 0 aliphatic rings. The number of carbonyl (C=O) groups is 2. The standard InChI is InChI=1S/C15H18N2O4/c1-15(2,3)21-14(20)17(10-13(18)19)9-12-6-4-5-11(7-12)8-16/h4-7H,9-10H2,1-3H3,(H,18,19). The average Bonchev–Trinajstić information content (AvgIpc) is 2.35. The minimum absolute atomic E-state index is 0.0662. The van der Waals surface area contributed by atoms with Crippen molar-refractivity contribution < 1.29 is 19.4 Å². The number of carbonyl (C=O) groups excluding carboxylic acids is 1. The van der Waals surface area contributed by atoms with Crippen molar-refractivity contribution in [1.29, 1.82) is 5.26 Å². The summed E-state index contributed by atoms with van der Waals surface area (Å²) in [5.74, 6) is -1.13. The molecule has 1 rings (SSSR count). The molecular formula is C15H18N2O4. The molecule has 112 valence electrons. The summed E-state index contributed by atoms with van der Waals surface area (Å²) in [6.07, 6.45) is -0.702. The molecule has 0 saturated heterocycles. The Bertz CT molecular complexity index is 570. The highest BCUT2D eigenvalue weighted by atomic mass is 16.6. The zero-order valence-corrected chi connectivity index (χ0v) is 12.3. The van der Waals surface area contributed by atoms with Gasteiger partial charge in [0.25, 0.3) is 0 Å². The smallest absolute Gasteiger partial charge is 0.411 e. The molecule has 0 aromatic heterocycles. The molecule has 1 aromatic rings. The van der Waals surface area contributed by atoms with Crippen LogP contribution in [0.4, 0.5) is 4.79 Å². The first kappa shape index (κ1) is 16.5. The number of nitriles is 1. The summed E-state index contributed by atoms with van der Waals surface area (Å²) in [6.45, 7) is 4.73. The fourth-order valence-electron chi connectivity index (χ4n) is 1.63. The highest BCUT2D eigenvalue weighted by molar-refractivity contribution is 5.76. The van der Waals surface area contributed by atoms with Crippen LogP contribution >= 0.6 is 0 Å². The lowest BCUT2D eigenvalue weighted by Gasteiger charge is -2.26. The lowest BCUT2D eigenvalue weighted by Crippen LogP contribution is -2.39. The third kappa shape index (κ3) is 5.95. The van der Waals surface area contributed by atoms with Crippen LogP contribution in [0, 0.1) is 11.3 Å². The Labute approximate surface area is 123 Å². The third-order valence-corrected chi connectivity index (χ3v) is 2.41. The van der Waals surface area contributed by atoms with Crippen molar-refractivity contribution in [2.45, 2.75) is 32.9 Å². The van der Waals surface area contributed by atoms with Crippen LogP contribution in [0.1, 0.15) is 31.9 Å². The quantitative estimate of drug-likeness (QED) is 0.919. The van der Waals surface area contributed by atoms with Gasteiger partial charge in [0.1, 0.15) is 12.1 Å². The normalized spacial score (nSPS) is 10.6. The monoisotopic (exact) mass is 290 g/mol. The Kier molecular flexibility index (Phi) is 5.30. The van der Waals surface area contributed by atoms with Gasteiger partial charge in [-0.2, -0.15) is 5.26 Å². The molecular weight excluding hydrogens is 272 g/mol. The van der Waals surface area contributed by atoms with Crippen LogP contribution in [0.15, 0.2) is 24.3 Å². The molecule has 0 atom stereocenters. The van der Waals surface area contributed by atoms with Crippen molar-refractivity contribution >= 4 is 12.1 Å². The van der Waals surface area contributed by atoms with Crippen LogP contribution in [0.5, 0.6) is 0 Å². The number of benzene rings is 1. The van der Waals surface area contributed by atoms with Gasteiger partial charge in [0.15, 0.2) is 0 Å². The largest absolute Gasteiger partial charge is 0.480 e. The van der Waals surface area contributed by atoms with E-state index >= 15 is 0 Å². The zero-order chi connectivity index (χ0) is 16.0. The molecule has 0 radical (unpaired) electrons. The van der Waals surface area contributed by atoms with Crippen LogP contribution < -0.4 is 0 Å². The Balaban J connectivity index is 2.90. The number of carboxylic acid groups (broad SMARTS) is 1. The predicted octanol–water partition coefficient (Wildman–Crippen LogP) is 2.38. The van der Waals surface area contributed by atoms with E-state index in [9.17, 15) is 9.59 Å². The minimum Gasteiger partial charge on any atom is -0.480 e. The second-order valence-electron chi connectivity index (χ2n) is 5.54. The SMILES string of the molecule is CC(C)(C)OC(=O)N(CC(=O)O)Cc1cccc(C#N)c1. The molecule has 0 saturated carbocycles. The first-order valence-electron chi connectivity index (χ1n) is 6.40. The van der Waals surface area contributed by atoms with E-state index in [2.05, 4.69) is 0 Å². The van der Waals surface area contributed by atoms with Crippen LogP contribution in [-0.2, 0) is 16.1 Å². The number of ether oxygens (including phenoxy) is 1. The topological polar surface area (TPSA) is 90.6 Å². The maximum Gasteiger partial charge on any atom is 0.411 e. The van der Waals surface area contributed by atoms with Gasteiger partial charge in [-0.15, -0.1) is 0 Å². The molecule has 0 spiro atoms. The van der Waals surface area contributed by atoms with Crippen LogP contribution in [0.2, 0.25) is 0 Å². The van der Waals surface area contributed by atoms with Gasteiger partial charge in [-0.05, 0) is 38.5 Å². The Morgan fingerprint density at radius 2 is 2.05 bits per heavy atom. The van der Waals surface area contributed by atoms with Crippen molar-refractivity contribution in [3.63, 3.8) is 0 Å². The van der Waals surface area contributed by atoms with E-state index in [0.29, 0.717) is 11.1 Å². The van der Waals surface area contributed by atoms with Crippen LogP contribution in [0.3, 0.4) is 0 Å². The van der Waals surface area contributed by atoms with Gasteiger partial charge in [0.2, 0.25) is 0 Å². The molecule has 1 N–H and O–H groups in total. The van der Waals surface area contributed by atoms with E-state index in [1.165, 1.54) is 0 Å². The fourth-order valence-corrected chi connectivity index (χ4v) is 1.63. The summed E-state index contributed by atoms with van der Waals surface area (Å²) in [6, 6.07) is 8.65. The minimum atomic E-state index is -1.13. The number of nitrogens with zero attached hydrogens (tertiary/aromatic N) is 2. The van der Waals surface area contributed by atoms with E-state index in [1.54, 1.807) is 45.0 Å². The van der Waals surface area contributed by atoms with E-state index in [-0.39, 0.29) is 6.54 Å². The van der Waals surface area contributed by atoms with Crippen LogP contribution in [0.25, 0.3) is 0 Å². The van der Waals surface area contributed by atoms with E-state index in [0.717, 1.165) is 4.90 Å². The second kappa shape index (κ2) is 6.75. The number of aliphatic carboxylic acids is 1. The van der Waals surface area contributed by atoms with E-state index in [4.69, 9.17) is 15.1 Å². The predicted molar refractivity (Wildman–Crippen MR) is 75.4 cm³/mol. The van der Waals surface area contributed by atoms with Gasteiger partial charge in [0, 0.05) is 6.54 Å². The zero-order valence-electron chi connectivity index (χ0n) is 12.3. The maximum atomic E-state index is 12.0. The lowest BCUT2D eigenvalue weighted by molar-refractivity contribution is -0.138. The number of hydrogen-bond acceptors (Lipinski definition) is 4. The first-order chi connectivity index (χ1) is 9.71. The number of carboxylic acids is 1. The van der Waals surface area contributed by atoms with Crippen molar-refractivity contribution in [3.8, 4) is 6.07 Å². The van der Waals surface area contributed by atoms with Crippen molar-refractivity contribution in [2.75, 3.05) is 6.54 Å². The van der Waals surface area contributed by atoms with Gasteiger partial charge >= 0.3 is 12.1 Å². The van der Waals surface area contributed by atoms with Gasteiger partial charge in [-0.1, -0.05) is 12.1 Å². The first-order valence-corrected chi connectivity index (χ1v) is 6.40. The van der Waals surface area contributed by atoms with E-state index < -0.39 is 24.2 Å². The third-order valence-electron chi connectivity index (χ3n) is 2.41. The van der Waals surface area contributed by atoms with Gasteiger partial charge in [-0.25, -0.2) is 4.79 Å². The van der Waals surface area contributed by atoms with Crippen LogP contribution in [-0.4, -0.2) is 34.2 Å². The summed E-state index contributed by atoms with van der Waals surface area (Å²) < 4.78 is 5.19. The average molecular weight is 290 g/mol. The molecule has 1 aromatic carbocycles. The molecule has 0 aliphatic heterocycles. The lowest BCUT2D eigenvalue weighted by atomic mass is 10.1. The van der Waals surface area contributed by atoms with Gasteiger partial charge in [-0.3, -0.25) is 9.69 Å². The summed E-state index contributed by atoms with van der Waals surface area (Å²) in [4.78, 5) is 24.0. The molecule has 0 unspecified atom stereocenters. The summed E-state index contributed by atoms with van der Waals surface area (Å²) in [5, 5.41) is 17.8. The van der Waals surface area contributed by atoms with Crippen molar-refractivity contribution in [1.82, 2.24) is 4.90 Å².